The molecule has 1 amide bonds. The number of nitrogens with one attached hydrogen (secondary N) is 2. The average molecular weight is 427 g/mol. The molecule has 2 aromatic rings. The van der Waals surface area contributed by atoms with Gasteiger partial charge in [-0.3, -0.25) is 0 Å². The average Bonchev–Trinajstić information content (AvgIpc) is 3.03. The minimum Gasteiger partial charge on any atom is -0.480 e. The number of ether oxygens (including phenoxy) is 1. The van der Waals surface area contributed by atoms with E-state index in [2.05, 4.69) is 34.9 Å². The molecular formula is C23H26N2O4S. The van der Waals surface area contributed by atoms with E-state index in [1.807, 2.05) is 24.3 Å². The summed E-state index contributed by atoms with van der Waals surface area (Å²) in [6, 6.07) is 14.9. The zero-order chi connectivity index (χ0) is 21.8. The SMILES string of the molecule is CC(C)[C@H](NC(=S)[C@H](C)NC(=O)OCC1c2ccccc2-c2ccccc21)C(=O)O. The second-order valence-corrected chi connectivity index (χ2v) is 8.20. The molecule has 0 unspecified atom stereocenters. The summed E-state index contributed by atoms with van der Waals surface area (Å²) in [6.07, 6.45) is -0.593. The summed E-state index contributed by atoms with van der Waals surface area (Å²) in [5.41, 5.74) is 4.60. The molecule has 2 atom stereocenters. The first-order valence-electron chi connectivity index (χ1n) is 9.94. The van der Waals surface area contributed by atoms with Gasteiger partial charge in [-0.2, -0.15) is 0 Å². The molecule has 0 heterocycles. The van der Waals surface area contributed by atoms with Crippen molar-refractivity contribution >= 4 is 29.3 Å². The molecule has 0 saturated carbocycles. The first kappa shape index (κ1) is 21.8. The van der Waals surface area contributed by atoms with Gasteiger partial charge in [0.1, 0.15) is 12.6 Å². The highest BCUT2D eigenvalue weighted by atomic mass is 32.1. The van der Waals surface area contributed by atoms with Gasteiger partial charge in [0.25, 0.3) is 0 Å². The molecule has 0 fully saturated rings. The molecule has 1 aliphatic carbocycles. The number of alkyl carbamates (subject to hydrolysis) is 1. The van der Waals surface area contributed by atoms with E-state index in [1.165, 1.54) is 0 Å². The van der Waals surface area contributed by atoms with Crippen LogP contribution in [0.5, 0.6) is 0 Å². The number of carboxylic acid groups (broad SMARTS) is 1. The predicted molar refractivity (Wildman–Crippen MR) is 120 cm³/mol. The third-order valence-electron chi connectivity index (χ3n) is 5.30. The third kappa shape index (κ3) is 4.62. The fourth-order valence-corrected chi connectivity index (χ4v) is 3.86. The van der Waals surface area contributed by atoms with Crippen molar-refractivity contribution in [3.63, 3.8) is 0 Å². The normalized spacial score (nSPS) is 14.4. The molecule has 158 valence electrons. The van der Waals surface area contributed by atoms with Gasteiger partial charge in [-0.25, -0.2) is 9.59 Å². The summed E-state index contributed by atoms with van der Waals surface area (Å²) in [4.78, 5) is 23.9. The predicted octanol–water partition coefficient (Wildman–Crippen LogP) is 3.94. The van der Waals surface area contributed by atoms with E-state index in [4.69, 9.17) is 17.0 Å². The number of hydrogen-bond acceptors (Lipinski definition) is 4. The molecule has 6 nitrogen and oxygen atoms in total. The quantitative estimate of drug-likeness (QED) is 0.582. The van der Waals surface area contributed by atoms with Crippen LogP contribution in [0.4, 0.5) is 4.79 Å². The summed E-state index contributed by atoms with van der Waals surface area (Å²) < 4.78 is 5.51. The lowest BCUT2D eigenvalue weighted by atomic mass is 9.98. The Kier molecular flexibility index (Phi) is 6.72. The molecule has 3 N–H and O–H groups in total. The Bertz CT molecular complexity index is 914. The van der Waals surface area contributed by atoms with Gasteiger partial charge in [0, 0.05) is 5.92 Å². The number of carbonyl (C=O) groups excluding carboxylic acids is 1. The number of carbonyl (C=O) groups is 2. The van der Waals surface area contributed by atoms with E-state index in [0.29, 0.717) is 0 Å². The molecule has 0 saturated heterocycles. The molecule has 2 aromatic carbocycles. The highest BCUT2D eigenvalue weighted by Gasteiger charge is 2.29. The first-order valence-corrected chi connectivity index (χ1v) is 10.3. The Balaban J connectivity index is 1.60. The van der Waals surface area contributed by atoms with Crippen molar-refractivity contribution in [1.82, 2.24) is 10.6 Å². The van der Waals surface area contributed by atoms with Crippen molar-refractivity contribution in [2.24, 2.45) is 5.92 Å². The van der Waals surface area contributed by atoms with Crippen molar-refractivity contribution in [2.75, 3.05) is 6.61 Å². The monoisotopic (exact) mass is 426 g/mol. The topological polar surface area (TPSA) is 87.7 Å². The van der Waals surface area contributed by atoms with E-state index in [-0.39, 0.29) is 23.4 Å². The van der Waals surface area contributed by atoms with Crippen LogP contribution in [0.15, 0.2) is 48.5 Å². The van der Waals surface area contributed by atoms with Crippen LogP contribution in [0.2, 0.25) is 0 Å². The van der Waals surface area contributed by atoms with Crippen LogP contribution < -0.4 is 10.6 Å². The van der Waals surface area contributed by atoms with Crippen LogP contribution >= 0.6 is 12.2 Å². The summed E-state index contributed by atoms with van der Waals surface area (Å²) >= 11 is 5.26. The number of hydrogen-bond donors (Lipinski definition) is 3. The Morgan fingerprint density at radius 2 is 1.53 bits per heavy atom. The highest BCUT2D eigenvalue weighted by Crippen LogP contribution is 2.44. The Morgan fingerprint density at radius 1 is 1.00 bits per heavy atom. The lowest BCUT2D eigenvalue weighted by molar-refractivity contribution is -0.140. The summed E-state index contributed by atoms with van der Waals surface area (Å²) in [6.45, 7) is 5.47. The number of thiocarbonyl (C=S) groups is 1. The van der Waals surface area contributed by atoms with E-state index in [1.54, 1.807) is 20.8 Å². The molecule has 7 heteroatoms. The largest absolute Gasteiger partial charge is 0.480 e. The zero-order valence-electron chi connectivity index (χ0n) is 17.2. The Labute approximate surface area is 181 Å². The van der Waals surface area contributed by atoms with Gasteiger partial charge >= 0.3 is 12.1 Å². The van der Waals surface area contributed by atoms with Gasteiger partial charge in [0.15, 0.2) is 0 Å². The van der Waals surface area contributed by atoms with Crippen LogP contribution in [0.25, 0.3) is 11.1 Å². The Hall–Kier alpha value is -2.93. The summed E-state index contributed by atoms with van der Waals surface area (Å²) in [7, 11) is 0. The van der Waals surface area contributed by atoms with Crippen molar-refractivity contribution < 1.29 is 19.4 Å². The van der Waals surface area contributed by atoms with Crippen LogP contribution in [0.1, 0.15) is 37.8 Å². The van der Waals surface area contributed by atoms with Crippen molar-refractivity contribution in [3.8, 4) is 11.1 Å². The molecule has 0 bridgehead atoms. The minimum atomic E-state index is -0.985. The summed E-state index contributed by atoms with van der Waals surface area (Å²) in [5.74, 6) is -1.16. The molecule has 0 radical (unpaired) electrons. The number of rotatable bonds is 7. The smallest absolute Gasteiger partial charge is 0.407 e. The number of benzene rings is 2. The maximum Gasteiger partial charge on any atom is 0.407 e. The van der Waals surface area contributed by atoms with E-state index < -0.39 is 24.1 Å². The number of aliphatic carboxylic acids is 1. The zero-order valence-corrected chi connectivity index (χ0v) is 18.0. The highest BCUT2D eigenvalue weighted by molar-refractivity contribution is 7.80. The van der Waals surface area contributed by atoms with Gasteiger partial charge in [0.05, 0.1) is 11.0 Å². The second-order valence-electron chi connectivity index (χ2n) is 7.76. The molecular weight excluding hydrogens is 400 g/mol. The number of fused-ring (bicyclic) bond motifs is 3. The molecule has 0 aromatic heterocycles. The fraction of sp³-hybridized carbons (Fsp3) is 0.348. The molecule has 30 heavy (non-hydrogen) atoms. The lowest BCUT2D eigenvalue weighted by Gasteiger charge is -2.23. The van der Waals surface area contributed by atoms with Gasteiger partial charge in [-0.05, 0) is 35.1 Å². The second kappa shape index (κ2) is 9.26. The van der Waals surface area contributed by atoms with Gasteiger partial charge in [-0.15, -0.1) is 0 Å². The first-order chi connectivity index (χ1) is 14.3. The maximum absolute atomic E-state index is 12.4. The van der Waals surface area contributed by atoms with Crippen LogP contribution in [0.3, 0.4) is 0 Å². The minimum absolute atomic E-state index is 0.0270. The lowest BCUT2D eigenvalue weighted by Crippen LogP contribution is -2.51. The van der Waals surface area contributed by atoms with Gasteiger partial charge < -0.3 is 20.5 Å². The third-order valence-corrected chi connectivity index (χ3v) is 5.77. The van der Waals surface area contributed by atoms with Crippen molar-refractivity contribution in [1.29, 1.82) is 0 Å². The molecule has 3 rings (SSSR count). The van der Waals surface area contributed by atoms with Gasteiger partial charge in [0.2, 0.25) is 0 Å². The van der Waals surface area contributed by atoms with Crippen LogP contribution in [0, 0.1) is 5.92 Å². The number of carboxylic acids is 1. The van der Waals surface area contributed by atoms with E-state index >= 15 is 0 Å². The molecule has 0 spiro atoms. The summed E-state index contributed by atoms with van der Waals surface area (Å²) in [5, 5.41) is 14.8. The molecule has 0 aliphatic heterocycles. The van der Waals surface area contributed by atoms with Gasteiger partial charge in [-0.1, -0.05) is 74.6 Å². The van der Waals surface area contributed by atoms with Crippen molar-refractivity contribution in [2.45, 2.75) is 38.8 Å². The van der Waals surface area contributed by atoms with Crippen LogP contribution in [-0.4, -0.2) is 40.8 Å². The van der Waals surface area contributed by atoms with Crippen LogP contribution in [-0.2, 0) is 9.53 Å². The molecule has 1 aliphatic rings. The number of amides is 1. The fourth-order valence-electron chi connectivity index (χ4n) is 3.67. The van der Waals surface area contributed by atoms with E-state index in [9.17, 15) is 14.7 Å². The Morgan fingerprint density at radius 3 is 2.03 bits per heavy atom. The van der Waals surface area contributed by atoms with Crippen molar-refractivity contribution in [3.05, 3.63) is 59.7 Å². The van der Waals surface area contributed by atoms with E-state index in [0.717, 1.165) is 22.3 Å². The standard InChI is InChI=1S/C23H26N2O4S/c1-13(2)20(22(26)27)25-21(30)14(3)24-23(28)29-12-19-17-10-6-4-8-15(17)16-9-5-7-11-18(16)19/h4-11,13-14,19-20H,12H2,1-3H3,(H,24,28)(H,25,30)(H,26,27)/t14-,20-/m0/s1. The maximum atomic E-state index is 12.4.